The number of nitrogens with two attached hydrogens (primary N) is 1. The number of halogens is 1. The smallest absolute Gasteiger partial charge is 0.220 e. The van der Waals surface area contributed by atoms with E-state index in [1.807, 2.05) is 10.7 Å². The number of fused-ring (bicyclic) bond motifs is 1. The molecule has 5 nitrogen and oxygen atoms in total. The zero-order valence-electron chi connectivity index (χ0n) is 12.5. The monoisotopic (exact) mass is 309 g/mol. The van der Waals surface area contributed by atoms with E-state index in [2.05, 4.69) is 9.97 Å². The number of rotatable bonds is 2. The number of hydrogen-bond acceptors (Lipinski definition) is 4. The summed E-state index contributed by atoms with van der Waals surface area (Å²) in [7, 11) is 0. The normalized spacial score (nSPS) is 13.8. The summed E-state index contributed by atoms with van der Waals surface area (Å²) in [6, 6.07) is 8.16. The zero-order chi connectivity index (χ0) is 15.8. The Labute approximate surface area is 133 Å². The van der Waals surface area contributed by atoms with E-state index in [-0.39, 0.29) is 11.8 Å². The van der Waals surface area contributed by atoms with Crippen molar-refractivity contribution in [3.63, 3.8) is 0 Å². The van der Waals surface area contributed by atoms with Crippen molar-refractivity contribution in [3.8, 4) is 17.1 Å². The molecule has 0 spiro atoms. The van der Waals surface area contributed by atoms with Crippen LogP contribution in [0.15, 0.2) is 36.5 Å². The molecule has 0 bridgehead atoms. The summed E-state index contributed by atoms with van der Waals surface area (Å²) in [6.45, 7) is 0. The summed E-state index contributed by atoms with van der Waals surface area (Å²) in [4.78, 5) is 8.32. The molecule has 0 atom stereocenters. The van der Waals surface area contributed by atoms with Gasteiger partial charge in [0, 0.05) is 11.8 Å². The Morgan fingerprint density at radius 3 is 2.61 bits per heavy atom. The van der Waals surface area contributed by atoms with Crippen molar-refractivity contribution in [2.75, 3.05) is 5.73 Å². The topological polar surface area (TPSA) is 69.6 Å². The lowest BCUT2D eigenvalue weighted by atomic mass is 9.95. The Kier molecular flexibility index (Phi) is 3.29. The van der Waals surface area contributed by atoms with Crippen molar-refractivity contribution >= 4 is 5.95 Å². The van der Waals surface area contributed by atoms with Gasteiger partial charge in [-0.1, -0.05) is 0 Å². The third kappa shape index (κ3) is 2.46. The number of nitrogen functional groups attached to an aromatic ring is 1. The average molecular weight is 309 g/mol. The minimum Gasteiger partial charge on any atom is -0.368 e. The van der Waals surface area contributed by atoms with Gasteiger partial charge in [0.25, 0.3) is 0 Å². The number of aromatic nitrogens is 4. The fourth-order valence-electron chi connectivity index (χ4n) is 3.09. The van der Waals surface area contributed by atoms with Crippen molar-refractivity contribution in [2.24, 2.45) is 0 Å². The van der Waals surface area contributed by atoms with Gasteiger partial charge in [-0.2, -0.15) is 5.10 Å². The van der Waals surface area contributed by atoms with E-state index >= 15 is 0 Å². The fourth-order valence-corrected chi connectivity index (χ4v) is 3.09. The van der Waals surface area contributed by atoms with E-state index in [0.717, 1.165) is 48.5 Å². The first-order valence-electron chi connectivity index (χ1n) is 7.68. The molecule has 23 heavy (non-hydrogen) atoms. The number of anilines is 1. The molecular weight excluding hydrogens is 293 g/mol. The first kappa shape index (κ1) is 13.9. The Morgan fingerprint density at radius 1 is 1.04 bits per heavy atom. The molecule has 4 rings (SSSR count). The van der Waals surface area contributed by atoms with Gasteiger partial charge in [0.1, 0.15) is 5.82 Å². The molecule has 0 aliphatic heterocycles. The maximum Gasteiger partial charge on any atom is 0.220 e. The van der Waals surface area contributed by atoms with Crippen molar-refractivity contribution in [2.45, 2.75) is 25.7 Å². The van der Waals surface area contributed by atoms with E-state index < -0.39 is 0 Å². The van der Waals surface area contributed by atoms with Crippen LogP contribution < -0.4 is 5.73 Å². The Hall–Kier alpha value is -2.76. The Balaban J connectivity index is 1.95. The van der Waals surface area contributed by atoms with E-state index in [1.165, 1.54) is 17.7 Å². The van der Waals surface area contributed by atoms with Crippen LogP contribution in [-0.2, 0) is 12.8 Å². The molecule has 0 saturated heterocycles. The first-order valence-corrected chi connectivity index (χ1v) is 7.68. The third-order valence-electron chi connectivity index (χ3n) is 4.15. The number of aryl methyl sites for hydroxylation is 1. The van der Waals surface area contributed by atoms with Gasteiger partial charge >= 0.3 is 0 Å². The van der Waals surface area contributed by atoms with Gasteiger partial charge in [0.15, 0.2) is 0 Å². The van der Waals surface area contributed by atoms with Crippen molar-refractivity contribution in [1.82, 2.24) is 19.7 Å². The van der Waals surface area contributed by atoms with Gasteiger partial charge in [0.05, 0.1) is 22.8 Å². The van der Waals surface area contributed by atoms with Gasteiger partial charge in [-0.05, 0) is 56.0 Å². The van der Waals surface area contributed by atoms with Crippen LogP contribution >= 0.6 is 0 Å². The quantitative estimate of drug-likeness (QED) is 0.790. The molecule has 1 aromatic carbocycles. The summed E-state index contributed by atoms with van der Waals surface area (Å²) < 4.78 is 15.1. The van der Waals surface area contributed by atoms with Crippen LogP contribution in [0.2, 0.25) is 0 Å². The van der Waals surface area contributed by atoms with Crippen molar-refractivity contribution in [1.29, 1.82) is 0 Å². The predicted octanol–water partition coefficient (Wildman–Crippen LogP) is 2.93. The Bertz CT molecular complexity index is 854. The maximum atomic E-state index is 13.2. The SMILES string of the molecule is Nc1nccc(-c2c3c(nn2-c2ccc(F)cc2)CCCC3)n1. The number of nitrogens with zero attached hydrogens (tertiary/aromatic N) is 4. The van der Waals surface area contributed by atoms with Crippen LogP contribution in [0.4, 0.5) is 10.3 Å². The van der Waals surface area contributed by atoms with Gasteiger partial charge < -0.3 is 5.73 Å². The van der Waals surface area contributed by atoms with E-state index in [4.69, 9.17) is 10.8 Å². The third-order valence-corrected chi connectivity index (χ3v) is 4.15. The van der Waals surface area contributed by atoms with E-state index in [9.17, 15) is 4.39 Å². The van der Waals surface area contributed by atoms with Gasteiger partial charge in [-0.3, -0.25) is 0 Å². The average Bonchev–Trinajstić information content (AvgIpc) is 2.95. The largest absolute Gasteiger partial charge is 0.368 e. The summed E-state index contributed by atoms with van der Waals surface area (Å²) in [5.74, 6) is -0.0302. The molecule has 6 heteroatoms. The summed E-state index contributed by atoms with van der Waals surface area (Å²) >= 11 is 0. The molecule has 2 aromatic heterocycles. The maximum absolute atomic E-state index is 13.2. The fraction of sp³-hybridized carbons (Fsp3) is 0.235. The lowest BCUT2D eigenvalue weighted by Crippen LogP contribution is -2.04. The standard InChI is InChI=1S/C17H16FN5/c18-11-5-7-12(8-6-11)23-16(15-9-10-20-17(19)21-15)13-3-1-2-4-14(13)22-23/h5-10H,1-4H2,(H2,19,20,21). The van der Waals surface area contributed by atoms with Crippen molar-refractivity contribution in [3.05, 3.63) is 53.6 Å². The van der Waals surface area contributed by atoms with Crippen LogP contribution in [0, 0.1) is 5.82 Å². The van der Waals surface area contributed by atoms with Crippen molar-refractivity contribution < 1.29 is 4.39 Å². The number of benzene rings is 1. The van der Waals surface area contributed by atoms with Gasteiger partial charge in [-0.15, -0.1) is 0 Å². The van der Waals surface area contributed by atoms with E-state index in [1.54, 1.807) is 18.3 Å². The van der Waals surface area contributed by atoms with Crippen LogP contribution in [0.1, 0.15) is 24.1 Å². The number of hydrogen-bond donors (Lipinski definition) is 1. The second-order valence-corrected chi connectivity index (χ2v) is 5.67. The van der Waals surface area contributed by atoms with Crippen LogP contribution in [0.5, 0.6) is 0 Å². The van der Waals surface area contributed by atoms with Crippen LogP contribution in [0.25, 0.3) is 17.1 Å². The molecule has 2 N–H and O–H groups in total. The highest BCUT2D eigenvalue weighted by Crippen LogP contribution is 2.32. The lowest BCUT2D eigenvalue weighted by molar-refractivity contribution is 0.627. The second-order valence-electron chi connectivity index (χ2n) is 5.67. The molecule has 1 aliphatic carbocycles. The molecule has 0 saturated carbocycles. The molecule has 3 aromatic rings. The minimum absolute atomic E-state index is 0.235. The molecule has 0 unspecified atom stereocenters. The van der Waals surface area contributed by atoms with Crippen LogP contribution in [0.3, 0.4) is 0 Å². The highest BCUT2D eigenvalue weighted by atomic mass is 19.1. The van der Waals surface area contributed by atoms with Gasteiger partial charge in [-0.25, -0.2) is 19.0 Å². The highest BCUT2D eigenvalue weighted by molar-refractivity contribution is 5.64. The van der Waals surface area contributed by atoms with Gasteiger partial charge in [0.2, 0.25) is 5.95 Å². The molecule has 0 radical (unpaired) electrons. The summed E-state index contributed by atoms with van der Waals surface area (Å²) in [6.07, 6.45) is 5.84. The molecule has 116 valence electrons. The first-order chi connectivity index (χ1) is 11.2. The van der Waals surface area contributed by atoms with E-state index in [0.29, 0.717) is 0 Å². The molecule has 1 aliphatic rings. The summed E-state index contributed by atoms with van der Waals surface area (Å²) in [5.41, 5.74) is 10.5. The molecule has 0 amide bonds. The molecular formula is C17H16FN5. The zero-order valence-corrected chi connectivity index (χ0v) is 12.5. The Morgan fingerprint density at radius 2 is 1.83 bits per heavy atom. The minimum atomic E-state index is -0.265. The molecule has 2 heterocycles. The molecule has 0 fully saturated rings. The predicted molar refractivity (Wildman–Crippen MR) is 85.6 cm³/mol. The summed E-state index contributed by atoms with van der Waals surface area (Å²) in [5, 5.41) is 4.75. The second kappa shape index (κ2) is 5.46. The highest BCUT2D eigenvalue weighted by Gasteiger charge is 2.23. The lowest BCUT2D eigenvalue weighted by Gasteiger charge is -2.12. The van der Waals surface area contributed by atoms with Crippen LogP contribution in [-0.4, -0.2) is 19.7 Å².